The van der Waals surface area contributed by atoms with Crippen molar-refractivity contribution in [1.29, 1.82) is 0 Å². The van der Waals surface area contributed by atoms with Gasteiger partial charge in [-0.05, 0) is 33.4 Å². The molecule has 1 unspecified atom stereocenters. The van der Waals surface area contributed by atoms with Gasteiger partial charge in [0.1, 0.15) is 11.5 Å². The Morgan fingerprint density at radius 1 is 1.36 bits per heavy atom. The first-order valence-electron chi connectivity index (χ1n) is 8.65. The molecule has 1 aromatic carbocycles. The third-order valence-corrected chi connectivity index (χ3v) is 3.86. The number of para-hydroxylation sites is 1. The highest BCUT2D eigenvalue weighted by Gasteiger charge is 2.18. The molecule has 25 heavy (non-hydrogen) atoms. The SMILES string of the molecule is CCOc1ccccc1C(CC)NC(=O)CN(C)Cc1cc(C)on1. The third-order valence-electron chi connectivity index (χ3n) is 3.86. The maximum atomic E-state index is 12.4. The van der Waals surface area contributed by atoms with Crippen LogP contribution in [0.3, 0.4) is 0 Å². The zero-order chi connectivity index (χ0) is 18.2. The first-order valence-corrected chi connectivity index (χ1v) is 8.65. The third kappa shape index (κ3) is 5.60. The molecule has 0 bridgehead atoms. The van der Waals surface area contributed by atoms with E-state index in [2.05, 4.69) is 17.4 Å². The molecule has 0 aliphatic rings. The van der Waals surface area contributed by atoms with Crippen LogP contribution in [0.2, 0.25) is 0 Å². The molecule has 0 aliphatic carbocycles. The van der Waals surface area contributed by atoms with Crippen molar-refractivity contribution in [3.63, 3.8) is 0 Å². The Morgan fingerprint density at radius 3 is 2.76 bits per heavy atom. The van der Waals surface area contributed by atoms with Crippen LogP contribution in [0.4, 0.5) is 0 Å². The zero-order valence-corrected chi connectivity index (χ0v) is 15.4. The van der Waals surface area contributed by atoms with Crippen LogP contribution in [-0.2, 0) is 11.3 Å². The highest BCUT2D eigenvalue weighted by atomic mass is 16.5. The molecule has 6 heteroatoms. The van der Waals surface area contributed by atoms with E-state index in [1.54, 1.807) is 0 Å². The van der Waals surface area contributed by atoms with Gasteiger partial charge in [-0.3, -0.25) is 9.69 Å². The van der Waals surface area contributed by atoms with E-state index in [9.17, 15) is 4.79 Å². The van der Waals surface area contributed by atoms with Crippen LogP contribution in [-0.4, -0.2) is 36.2 Å². The lowest BCUT2D eigenvalue weighted by atomic mass is 10.0. The highest BCUT2D eigenvalue weighted by Crippen LogP contribution is 2.27. The van der Waals surface area contributed by atoms with Gasteiger partial charge >= 0.3 is 0 Å². The molecular formula is C19H27N3O3. The minimum Gasteiger partial charge on any atom is -0.494 e. The van der Waals surface area contributed by atoms with E-state index >= 15 is 0 Å². The van der Waals surface area contributed by atoms with E-state index in [-0.39, 0.29) is 11.9 Å². The van der Waals surface area contributed by atoms with Gasteiger partial charge in [0.2, 0.25) is 5.91 Å². The fourth-order valence-electron chi connectivity index (χ4n) is 2.77. The second-order valence-electron chi connectivity index (χ2n) is 6.10. The maximum absolute atomic E-state index is 12.4. The molecule has 1 amide bonds. The Morgan fingerprint density at radius 2 is 2.12 bits per heavy atom. The summed E-state index contributed by atoms with van der Waals surface area (Å²) in [6.45, 7) is 7.31. The monoisotopic (exact) mass is 345 g/mol. The molecule has 1 atom stereocenters. The normalized spacial score (nSPS) is 12.2. The van der Waals surface area contributed by atoms with E-state index in [0.717, 1.165) is 29.2 Å². The quantitative estimate of drug-likeness (QED) is 0.756. The Labute approximate surface area is 149 Å². The topological polar surface area (TPSA) is 67.6 Å². The molecule has 1 heterocycles. The Kier molecular flexibility index (Phi) is 7.01. The molecule has 0 fully saturated rings. The van der Waals surface area contributed by atoms with Crippen molar-refractivity contribution in [3.8, 4) is 5.75 Å². The lowest BCUT2D eigenvalue weighted by molar-refractivity contribution is -0.122. The van der Waals surface area contributed by atoms with Crippen molar-refractivity contribution < 1.29 is 14.1 Å². The smallest absolute Gasteiger partial charge is 0.234 e. The van der Waals surface area contributed by atoms with Gasteiger partial charge < -0.3 is 14.6 Å². The van der Waals surface area contributed by atoms with E-state index < -0.39 is 0 Å². The van der Waals surface area contributed by atoms with Crippen molar-refractivity contribution in [1.82, 2.24) is 15.4 Å². The van der Waals surface area contributed by atoms with Crippen molar-refractivity contribution in [2.75, 3.05) is 20.2 Å². The lowest BCUT2D eigenvalue weighted by Crippen LogP contribution is -2.37. The van der Waals surface area contributed by atoms with Gasteiger partial charge in [0.25, 0.3) is 0 Å². The summed E-state index contributed by atoms with van der Waals surface area (Å²) in [5.41, 5.74) is 1.83. The van der Waals surface area contributed by atoms with Crippen LogP contribution in [0.15, 0.2) is 34.9 Å². The number of hydrogen-bond donors (Lipinski definition) is 1. The van der Waals surface area contributed by atoms with Gasteiger partial charge in [-0.25, -0.2) is 0 Å². The van der Waals surface area contributed by atoms with E-state index in [1.165, 1.54) is 0 Å². The Bertz CT molecular complexity index is 684. The standard InChI is InChI=1S/C19H27N3O3/c1-5-17(16-9-7-8-10-18(16)24-6-2)20-19(23)13-22(4)12-15-11-14(3)25-21-15/h7-11,17H,5-6,12-13H2,1-4H3,(H,20,23). The van der Waals surface area contributed by atoms with Gasteiger partial charge in [-0.2, -0.15) is 0 Å². The fourth-order valence-corrected chi connectivity index (χ4v) is 2.77. The predicted octanol–water partition coefficient (Wildman–Crippen LogP) is 3.08. The number of benzene rings is 1. The van der Waals surface area contributed by atoms with Crippen LogP contribution in [0.25, 0.3) is 0 Å². The van der Waals surface area contributed by atoms with Crippen LogP contribution in [0.1, 0.15) is 43.3 Å². The molecule has 2 rings (SSSR count). The summed E-state index contributed by atoms with van der Waals surface area (Å²) in [6, 6.07) is 9.65. The van der Waals surface area contributed by atoms with Gasteiger partial charge in [0, 0.05) is 18.2 Å². The molecule has 0 spiro atoms. The second kappa shape index (κ2) is 9.22. The number of carbonyl (C=O) groups is 1. The van der Waals surface area contributed by atoms with Gasteiger partial charge in [-0.1, -0.05) is 30.3 Å². The second-order valence-corrected chi connectivity index (χ2v) is 6.10. The Hall–Kier alpha value is -2.34. The minimum absolute atomic E-state index is 0.0270. The minimum atomic E-state index is -0.0713. The van der Waals surface area contributed by atoms with Crippen molar-refractivity contribution in [3.05, 3.63) is 47.3 Å². The highest BCUT2D eigenvalue weighted by molar-refractivity contribution is 5.78. The van der Waals surface area contributed by atoms with Crippen LogP contribution < -0.4 is 10.1 Å². The number of nitrogens with one attached hydrogen (secondary N) is 1. The molecule has 0 saturated heterocycles. The van der Waals surface area contributed by atoms with E-state index in [0.29, 0.717) is 19.7 Å². The average Bonchev–Trinajstić information content (AvgIpc) is 2.98. The maximum Gasteiger partial charge on any atom is 0.234 e. The number of ether oxygens (including phenoxy) is 1. The number of nitrogens with zero attached hydrogens (tertiary/aromatic N) is 2. The van der Waals surface area contributed by atoms with Gasteiger partial charge in [0.05, 0.1) is 24.9 Å². The first kappa shape index (κ1) is 19.0. The summed E-state index contributed by atoms with van der Waals surface area (Å²) in [5.74, 6) is 1.57. The summed E-state index contributed by atoms with van der Waals surface area (Å²) >= 11 is 0. The number of hydrogen-bond acceptors (Lipinski definition) is 5. The van der Waals surface area contributed by atoms with Crippen LogP contribution in [0, 0.1) is 6.92 Å². The van der Waals surface area contributed by atoms with Crippen molar-refractivity contribution in [2.45, 2.75) is 39.8 Å². The molecule has 0 radical (unpaired) electrons. The summed E-state index contributed by atoms with van der Waals surface area (Å²) < 4.78 is 10.7. The van der Waals surface area contributed by atoms with Crippen molar-refractivity contribution >= 4 is 5.91 Å². The molecule has 0 saturated carbocycles. The summed E-state index contributed by atoms with van der Waals surface area (Å²) in [4.78, 5) is 14.3. The Balaban J connectivity index is 1.95. The molecule has 1 N–H and O–H groups in total. The molecule has 6 nitrogen and oxygen atoms in total. The summed E-state index contributed by atoms with van der Waals surface area (Å²) in [5, 5.41) is 7.05. The molecule has 136 valence electrons. The van der Waals surface area contributed by atoms with Crippen molar-refractivity contribution in [2.24, 2.45) is 0 Å². The lowest BCUT2D eigenvalue weighted by Gasteiger charge is -2.22. The summed E-state index contributed by atoms with van der Waals surface area (Å²) in [6.07, 6.45) is 0.794. The largest absolute Gasteiger partial charge is 0.494 e. The number of aromatic nitrogens is 1. The fraction of sp³-hybridized carbons (Fsp3) is 0.474. The van der Waals surface area contributed by atoms with E-state index in [1.807, 2.05) is 56.1 Å². The zero-order valence-electron chi connectivity index (χ0n) is 15.4. The number of likely N-dealkylation sites (N-methyl/N-ethyl adjacent to an activating group) is 1. The van der Waals surface area contributed by atoms with E-state index in [4.69, 9.17) is 9.26 Å². The number of amides is 1. The molecular weight excluding hydrogens is 318 g/mol. The average molecular weight is 345 g/mol. The van der Waals surface area contributed by atoms with Crippen LogP contribution >= 0.6 is 0 Å². The molecule has 1 aromatic heterocycles. The predicted molar refractivity (Wildman–Crippen MR) is 96.4 cm³/mol. The van der Waals surface area contributed by atoms with Gasteiger partial charge in [-0.15, -0.1) is 0 Å². The molecule has 0 aliphatic heterocycles. The first-order chi connectivity index (χ1) is 12.0. The number of rotatable bonds is 9. The number of carbonyl (C=O) groups excluding carboxylic acids is 1. The van der Waals surface area contributed by atoms with Gasteiger partial charge in [0.15, 0.2) is 0 Å². The summed E-state index contributed by atoms with van der Waals surface area (Å²) in [7, 11) is 1.89. The van der Waals surface area contributed by atoms with Crippen LogP contribution in [0.5, 0.6) is 5.75 Å². The number of aryl methyl sites for hydroxylation is 1. The molecule has 2 aromatic rings.